The molecule has 3 aromatic heterocycles. The molecule has 156 valence electrons. The first kappa shape index (κ1) is 19.5. The highest BCUT2D eigenvalue weighted by atomic mass is 16.5. The van der Waals surface area contributed by atoms with Crippen LogP contribution in [0, 0.1) is 0 Å². The lowest BCUT2D eigenvalue weighted by molar-refractivity contribution is 0.0487. The molecule has 0 radical (unpaired) electrons. The quantitative estimate of drug-likeness (QED) is 0.397. The molecule has 1 unspecified atom stereocenters. The van der Waals surface area contributed by atoms with Crippen molar-refractivity contribution in [2.75, 3.05) is 6.61 Å². The highest BCUT2D eigenvalue weighted by molar-refractivity contribution is 5.82. The molecule has 2 N–H and O–H groups in total. The summed E-state index contributed by atoms with van der Waals surface area (Å²) in [4.78, 5) is 7.63. The van der Waals surface area contributed by atoms with Crippen LogP contribution in [0.25, 0.3) is 21.8 Å². The zero-order valence-corrected chi connectivity index (χ0v) is 17.5. The fraction of sp³-hybridized carbons (Fsp3) is 0.192. The van der Waals surface area contributed by atoms with Crippen molar-refractivity contribution in [3.8, 4) is 0 Å². The fourth-order valence-corrected chi connectivity index (χ4v) is 4.35. The highest BCUT2D eigenvalue weighted by Gasteiger charge is 2.36. The van der Waals surface area contributed by atoms with Gasteiger partial charge in [0.25, 0.3) is 0 Å². The van der Waals surface area contributed by atoms with Gasteiger partial charge in [-0.1, -0.05) is 36.4 Å². The Labute approximate surface area is 180 Å². The Balaban J connectivity index is 1.69. The maximum absolute atomic E-state index is 12.3. The lowest BCUT2D eigenvalue weighted by atomic mass is 9.86. The molecule has 0 aliphatic heterocycles. The van der Waals surface area contributed by atoms with E-state index in [1.807, 2.05) is 43.3 Å². The van der Waals surface area contributed by atoms with Crippen LogP contribution in [0.15, 0.2) is 85.2 Å². The number of hydrogen-bond donors (Lipinski definition) is 2. The number of benzene rings is 2. The van der Waals surface area contributed by atoms with Gasteiger partial charge in [0, 0.05) is 42.0 Å². The predicted molar refractivity (Wildman–Crippen MR) is 123 cm³/mol. The van der Waals surface area contributed by atoms with E-state index in [1.54, 1.807) is 12.4 Å². The average Bonchev–Trinajstić information content (AvgIpc) is 3.39. The minimum Gasteiger partial charge on any atom is -0.378 e. The molecule has 0 spiro atoms. The van der Waals surface area contributed by atoms with Crippen molar-refractivity contribution in [3.05, 3.63) is 102 Å². The van der Waals surface area contributed by atoms with Gasteiger partial charge in [-0.3, -0.25) is 4.98 Å². The monoisotopic (exact) mass is 411 g/mol. The van der Waals surface area contributed by atoms with Gasteiger partial charge in [0.05, 0.1) is 11.2 Å². The van der Waals surface area contributed by atoms with Gasteiger partial charge in [0.15, 0.2) is 0 Å². The van der Waals surface area contributed by atoms with E-state index in [0.717, 1.165) is 38.8 Å². The van der Waals surface area contributed by atoms with Gasteiger partial charge < -0.3 is 19.4 Å². The molecule has 5 heteroatoms. The standard InChI is InChI=1S/C26H25N3O2/c1-2-31-18-29-24-10-6-4-8-20(24)16-25(29)26(30,21-11-13-27-14-12-21)17-22-15-19-7-3-5-9-23(19)28-22/h3-16,28,30H,2,17-18H2,1H3. The number of H-pyrrole nitrogens is 1. The molecule has 1 atom stereocenters. The van der Waals surface area contributed by atoms with Gasteiger partial charge in [-0.15, -0.1) is 0 Å². The van der Waals surface area contributed by atoms with Gasteiger partial charge in [-0.2, -0.15) is 0 Å². The molecule has 0 aliphatic carbocycles. The first-order valence-corrected chi connectivity index (χ1v) is 10.5. The van der Waals surface area contributed by atoms with Crippen molar-refractivity contribution >= 4 is 21.8 Å². The van der Waals surface area contributed by atoms with E-state index in [0.29, 0.717) is 19.8 Å². The molecule has 5 aromatic rings. The number of aromatic nitrogens is 3. The number of fused-ring (bicyclic) bond motifs is 2. The summed E-state index contributed by atoms with van der Waals surface area (Å²) in [6, 6.07) is 24.3. The summed E-state index contributed by atoms with van der Waals surface area (Å²) in [5.41, 5.74) is 3.39. The number of pyridine rings is 1. The minimum atomic E-state index is -1.26. The van der Waals surface area contributed by atoms with E-state index in [9.17, 15) is 5.11 Å². The molecular formula is C26H25N3O2. The van der Waals surface area contributed by atoms with E-state index in [2.05, 4.69) is 50.9 Å². The Morgan fingerprint density at radius 1 is 0.968 bits per heavy atom. The second-order valence-corrected chi connectivity index (χ2v) is 7.79. The first-order valence-electron chi connectivity index (χ1n) is 10.5. The normalized spacial score (nSPS) is 13.6. The molecule has 0 amide bonds. The van der Waals surface area contributed by atoms with Crippen molar-refractivity contribution < 1.29 is 9.84 Å². The topological polar surface area (TPSA) is 63.1 Å². The summed E-state index contributed by atoms with van der Waals surface area (Å²) in [7, 11) is 0. The number of nitrogens with one attached hydrogen (secondary N) is 1. The van der Waals surface area contributed by atoms with Crippen molar-refractivity contribution in [2.45, 2.75) is 25.7 Å². The smallest absolute Gasteiger partial charge is 0.135 e. The van der Waals surface area contributed by atoms with E-state index < -0.39 is 5.60 Å². The Bertz CT molecular complexity index is 1290. The average molecular weight is 412 g/mol. The van der Waals surface area contributed by atoms with Gasteiger partial charge >= 0.3 is 0 Å². The molecule has 2 aromatic carbocycles. The third kappa shape index (κ3) is 3.52. The number of nitrogens with zero attached hydrogens (tertiary/aromatic N) is 2. The Kier molecular flexibility index (Phi) is 5.06. The van der Waals surface area contributed by atoms with Gasteiger partial charge in [-0.05, 0) is 54.3 Å². The molecule has 3 heterocycles. The summed E-state index contributed by atoms with van der Waals surface area (Å²) in [6.07, 6.45) is 3.84. The zero-order valence-electron chi connectivity index (χ0n) is 17.5. The summed E-state index contributed by atoms with van der Waals surface area (Å²) in [6.45, 7) is 2.95. The third-order valence-electron chi connectivity index (χ3n) is 5.85. The van der Waals surface area contributed by atoms with Crippen LogP contribution in [0.3, 0.4) is 0 Å². The Hall–Kier alpha value is -3.41. The number of aliphatic hydroxyl groups is 1. The maximum Gasteiger partial charge on any atom is 0.135 e. The molecule has 5 nitrogen and oxygen atoms in total. The van der Waals surface area contributed by atoms with Gasteiger partial charge in [0.2, 0.25) is 0 Å². The predicted octanol–water partition coefficient (Wildman–Crippen LogP) is 4.99. The molecule has 0 bridgehead atoms. The number of rotatable bonds is 7. The summed E-state index contributed by atoms with van der Waals surface area (Å²) in [5, 5.41) is 14.5. The van der Waals surface area contributed by atoms with Crippen LogP contribution >= 0.6 is 0 Å². The van der Waals surface area contributed by atoms with Crippen molar-refractivity contribution in [3.63, 3.8) is 0 Å². The van der Waals surface area contributed by atoms with Crippen LogP contribution in [0.5, 0.6) is 0 Å². The van der Waals surface area contributed by atoms with E-state index in [-0.39, 0.29) is 0 Å². The number of para-hydroxylation sites is 2. The Morgan fingerprint density at radius 2 is 1.71 bits per heavy atom. The maximum atomic E-state index is 12.3. The van der Waals surface area contributed by atoms with Crippen molar-refractivity contribution in [1.29, 1.82) is 0 Å². The van der Waals surface area contributed by atoms with Crippen molar-refractivity contribution in [2.24, 2.45) is 0 Å². The fourth-order valence-electron chi connectivity index (χ4n) is 4.35. The largest absolute Gasteiger partial charge is 0.378 e. The van der Waals surface area contributed by atoms with E-state index in [1.165, 1.54) is 0 Å². The lowest BCUT2D eigenvalue weighted by Crippen LogP contribution is -2.33. The Morgan fingerprint density at radius 3 is 2.48 bits per heavy atom. The SMILES string of the molecule is CCOCn1c(C(O)(Cc2cc3ccccc3[nH]2)c2ccncc2)cc2ccccc21. The van der Waals surface area contributed by atoms with Gasteiger partial charge in [-0.25, -0.2) is 0 Å². The van der Waals surface area contributed by atoms with Crippen LogP contribution < -0.4 is 0 Å². The van der Waals surface area contributed by atoms with Crippen LogP contribution in [-0.2, 0) is 23.5 Å². The van der Waals surface area contributed by atoms with Gasteiger partial charge in [0.1, 0.15) is 12.3 Å². The first-order chi connectivity index (χ1) is 15.2. The van der Waals surface area contributed by atoms with Crippen molar-refractivity contribution in [1.82, 2.24) is 14.5 Å². The third-order valence-corrected chi connectivity index (χ3v) is 5.85. The zero-order chi connectivity index (χ0) is 21.3. The number of hydrogen-bond acceptors (Lipinski definition) is 3. The summed E-state index contributed by atoms with van der Waals surface area (Å²) >= 11 is 0. The summed E-state index contributed by atoms with van der Waals surface area (Å²) < 4.78 is 7.86. The molecule has 5 rings (SSSR count). The lowest BCUT2D eigenvalue weighted by Gasteiger charge is -2.30. The highest BCUT2D eigenvalue weighted by Crippen LogP contribution is 2.37. The second-order valence-electron chi connectivity index (χ2n) is 7.79. The van der Waals surface area contributed by atoms with Crippen LogP contribution in [0.2, 0.25) is 0 Å². The van der Waals surface area contributed by atoms with Crippen LogP contribution in [0.4, 0.5) is 0 Å². The minimum absolute atomic E-state index is 0.374. The number of aromatic amines is 1. The molecular weight excluding hydrogens is 386 g/mol. The van der Waals surface area contributed by atoms with E-state index in [4.69, 9.17) is 4.74 Å². The molecule has 0 aliphatic rings. The molecule has 0 saturated heterocycles. The second kappa shape index (κ2) is 8.02. The number of ether oxygens (including phenoxy) is 1. The van der Waals surface area contributed by atoms with Crippen LogP contribution in [0.1, 0.15) is 23.9 Å². The van der Waals surface area contributed by atoms with Crippen LogP contribution in [-0.4, -0.2) is 26.2 Å². The molecule has 0 fully saturated rings. The van der Waals surface area contributed by atoms with E-state index >= 15 is 0 Å². The summed E-state index contributed by atoms with van der Waals surface area (Å²) in [5.74, 6) is 0. The molecule has 31 heavy (non-hydrogen) atoms. The molecule has 0 saturated carbocycles.